The van der Waals surface area contributed by atoms with E-state index in [2.05, 4.69) is 75.5 Å². The van der Waals surface area contributed by atoms with Gasteiger partial charge in [-0.25, -0.2) is 0 Å². The average molecular weight is 669 g/mol. The van der Waals surface area contributed by atoms with Crippen molar-refractivity contribution in [1.82, 2.24) is 0 Å². The Morgan fingerprint density at radius 2 is 0.950 bits per heavy atom. The van der Waals surface area contributed by atoms with Crippen molar-refractivity contribution in [3.8, 4) is 22.3 Å². The summed E-state index contributed by atoms with van der Waals surface area (Å²) in [6.07, 6.45) is 4.82. The summed E-state index contributed by atoms with van der Waals surface area (Å²) in [7, 11) is 0. The summed E-state index contributed by atoms with van der Waals surface area (Å²) in [5.41, 5.74) is 12.6. The van der Waals surface area contributed by atoms with Gasteiger partial charge in [-0.3, -0.25) is 0 Å². The molecule has 2 aliphatic rings. The van der Waals surface area contributed by atoms with Crippen molar-refractivity contribution in [1.29, 1.82) is 0 Å². The van der Waals surface area contributed by atoms with Gasteiger partial charge in [-0.1, -0.05) is 0 Å². The van der Waals surface area contributed by atoms with Crippen LogP contribution in [0.3, 0.4) is 0 Å². The van der Waals surface area contributed by atoms with Crippen molar-refractivity contribution in [2.45, 2.75) is 34.2 Å². The van der Waals surface area contributed by atoms with Crippen LogP contribution in [0, 0.1) is 11.6 Å². The number of fused-ring (bicyclic) bond motifs is 2. The molecule has 4 aromatic carbocycles. The van der Waals surface area contributed by atoms with Gasteiger partial charge in [0.25, 0.3) is 0 Å². The van der Waals surface area contributed by atoms with Crippen LogP contribution < -0.4 is 0 Å². The van der Waals surface area contributed by atoms with Crippen LogP contribution in [0.25, 0.3) is 34.4 Å². The molecule has 2 unspecified atom stereocenters. The number of hydrogen-bond acceptors (Lipinski definition) is 0. The van der Waals surface area contributed by atoms with Crippen LogP contribution >= 0.6 is 24.8 Å². The Bertz CT molecular complexity index is 1550. The Kier molecular flexibility index (Phi) is 9.57. The first-order valence-corrected chi connectivity index (χ1v) is 22.2. The normalized spacial score (nSPS) is 16.6. The molecule has 0 fully saturated rings. The number of halogens is 4. The van der Waals surface area contributed by atoms with Crippen LogP contribution in [0.1, 0.15) is 43.4 Å². The van der Waals surface area contributed by atoms with E-state index in [1.807, 2.05) is 24.3 Å². The van der Waals surface area contributed by atoms with Gasteiger partial charge in [-0.15, -0.1) is 24.8 Å². The van der Waals surface area contributed by atoms with Crippen LogP contribution in [0.5, 0.6) is 0 Å². The van der Waals surface area contributed by atoms with Crippen molar-refractivity contribution in [2.75, 3.05) is 0 Å². The van der Waals surface area contributed by atoms with Crippen LogP contribution in [-0.2, 0) is 20.4 Å². The Balaban J connectivity index is 0.00000185. The molecule has 0 N–H and O–H groups in total. The largest absolute Gasteiger partial charge is 0.147 e. The van der Waals surface area contributed by atoms with E-state index in [1.54, 1.807) is 24.3 Å². The van der Waals surface area contributed by atoms with E-state index in [-0.39, 0.29) is 36.4 Å². The average Bonchev–Trinajstić information content (AvgIpc) is 3.41. The SMILES string of the molecule is CC1=Cc2c(-c3ccc(F)cc3)cccc2[CH]1[Zr]([CH]1C(C)=Cc2c(-c3ccc(F)cc3)cccc21)=[Si](C)C.Cl.Cl. The van der Waals surface area contributed by atoms with Gasteiger partial charge in [-0.2, -0.15) is 0 Å². The molecule has 0 heterocycles. The number of rotatable bonds is 4. The molecule has 0 amide bonds. The second-order valence-corrected chi connectivity index (χ2v) is 28.6. The third-order valence-corrected chi connectivity index (χ3v) is 28.0. The predicted octanol–water partition coefficient (Wildman–Crippen LogP) is 10.6. The Labute approximate surface area is 256 Å². The molecule has 204 valence electrons. The van der Waals surface area contributed by atoms with Crippen molar-refractivity contribution < 1.29 is 29.1 Å². The van der Waals surface area contributed by atoms with Crippen molar-refractivity contribution >= 4 is 42.4 Å². The van der Waals surface area contributed by atoms with E-state index < -0.39 is 25.8 Å². The van der Waals surface area contributed by atoms with E-state index in [9.17, 15) is 8.78 Å². The summed E-state index contributed by atoms with van der Waals surface area (Å²) in [6.45, 7) is 9.72. The molecule has 0 spiro atoms. The van der Waals surface area contributed by atoms with Gasteiger partial charge < -0.3 is 0 Å². The fraction of sp³-hybridized carbons (Fsp3) is 0.176. The predicted molar refractivity (Wildman–Crippen MR) is 168 cm³/mol. The first kappa shape index (κ1) is 30.8. The van der Waals surface area contributed by atoms with Gasteiger partial charge in [0, 0.05) is 0 Å². The molecule has 0 saturated carbocycles. The minimum atomic E-state index is -2.18. The van der Waals surface area contributed by atoms with E-state index in [0.717, 1.165) is 11.1 Å². The molecule has 0 aliphatic heterocycles. The van der Waals surface area contributed by atoms with Crippen LogP contribution in [0.15, 0.2) is 96.1 Å². The summed E-state index contributed by atoms with van der Waals surface area (Å²) in [5.74, 6) is -0.402. The van der Waals surface area contributed by atoms with Crippen LogP contribution in [0.2, 0.25) is 13.1 Å². The zero-order valence-electron chi connectivity index (χ0n) is 23.0. The third kappa shape index (κ3) is 5.41. The van der Waals surface area contributed by atoms with Crippen LogP contribution in [0.4, 0.5) is 8.78 Å². The van der Waals surface area contributed by atoms with Crippen molar-refractivity contribution in [3.63, 3.8) is 0 Å². The van der Waals surface area contributed by atoms with Gasteiger partial charge in [0.1, 0.15) is 0 Å². The van der Waals surface area contributed by atoms with Gasteiger partial charge >= 0.3 is 233 Å². The molecule has 2 atom stereocenters. The second-order valence-electron chi connectivity index (χ2n) is 10.7. The van der Waals surface area contributed by atoms with Gasteiger partial charge in [0.2, 0.25) is 0 Å². The minimum Gasteiger partial charge on any atom is -0.147 e. The summed E-state index contributed by atoms with van der Waals surface area (Å²) < 4.78 is 28.4. The fourth-order valence-corrected chi connectivity index (χ4v) is 27.2. The van der Waals surface area contributed by atoms with E-state index in [0.29, 0.717) is 7.25 Å². The molecule has 6 rings (SSSR count). The Morgan fingerprint density at radius 3 is 1.30 bits per heavy atom. The maximum atomic E-state index is 13.7. The molecule has 4 aromatic rings. The first-order chi connectivity index (χ1) is 18.3. The van der Waals surface area contributed by atoms with Crippen molar-refractivity contribution in [3.05, 3.63) is 130 Å². The quantitative estimate of drug-likeness (QED) is 0.190. The van der Waals surface area contributed by atoms with Gasteiger partial charge in [-0.05, 0) is 0 Å². The smallest absolute Gasteiger partial charge is 0.147 e. The summed E-state index contributed by atoms with van der Waals surface area (Å²) >= 11 is -2.18. The van der Waals surface area contributed by atoms with Gasteiger partial charge in [0.05, 0.1) is 0 Å². The van der Waals surface area contributed by atoms with Crippen LogP contribution in [-0.4, -0.2) is 5.43 Å². The number of benzene rings is 4. The number of hydrogen-bond donors (Lipinski definition) is 0. The summed E-state index contributed by atoms with van der Waals surface area (Å²) in [4.78, 5) is 0. The van der Waals surface area contributed by atoms with E-state index in [4.69, 9.17) is 0 Å². The molecule has 0 aromatic heterocycles. The van der Waals surface area contributed by atoms with E-state index >= 15 is 0 Å². The maximum absolute atomic E-state index is 13.7. The topological polar surface area (TPSA) is 0 Å². The molecule has 40 heavy (non-hydrogen) atoms. The third-order valence-electron chi connectivity index (χ3n) is 8.07. The molecule has 0 radical (unpaired) electrons. The zero-order chi connectivity index (χ0) is 26.6. The zero-order valence-corrected chi connectivity index (χ0v) is 28.1. The van der Waals surface area contributed by atoms with E-state index in [1.165, 1.54) is 44.5 Å². The minimum absolute atomic E-state index is 0. The molecule has 6 heteroatoms. The standard InChI is InChI=1S/2C16H12F.C2H6Si.2ClH.Zr/c2*1-11-9-13-3-2-4-15(16(13)10-11)12-5-7-14(17)8-6-12;1-3-2;;;/h2*2-10H,1H3;1-2H3;2*1H;. The molecular formula is C34H32Cl2F2SiZr. The first-order valence-electron chi connectivity index (χ1n) is 13.1. The number of allylic oxidation sites excluding steroid dienone is 2. The molecule has 0 bridgehead atoms. The molecule has 0 nitrogen and oxygen atoms in total. The Morgan fingerprint density at radius 1 is 0.575 bits per heavy atom. The molecule has 0 saturated heterocycles. The second kappa shape index (κ2) is 12.4. The fourth-order valence-electron chi connectivity index (χ4n) is 6.44. The molecule has 2 aliphatic carbocycles. The van der Waals surface area contributed by atoms with Crippen molar-refractivity contribution in [2.24, 2.45) is 0 Å². The Hall–Kier alpha value is -2.10. The molecular weight excluding hydrogens is 637 g/mol. The summed E-state index contributed by atoms with van der Waals surface area (Å²) in [5, 5.41) is 0. The monoisotopic (exact) mass is 666 g/mol. The van der Waals surface area contributed by atoms with Gasteiger partial charge in [0.15, 0.2) is 0 Å². The maximum Gasteiger partial charge on any atom is -0.147 e. The summed E-state index contributed by atoms with van der Waals surface area (Å²) in [6, 6.07) is 27.2.